The van der Waals surface area contributed by atoms with Crippen LogP contribution in [0.15, 0.2) is 30.3 Å². The zero-order valence-corrected chi connectivity index (χ0v) is 16.4. The summed E-state index contributed by atoms with van der Waals surface area (Å²) < 4.78 is 14.3. The van der Waals surface area contributed by atoms with Crippen LogP contribution in [0.2, 0.25) is 0 Å². The predicted octanol–water partition coefficient (Wildman–Crippen LogP) is 4.46. The van der Waals surface area contributed by atoms with Gasteiger partial charge in [0.15, 0.2) is 11.5 Å². The second-order valence-corrected chi connectivity index (χ2v) is 7.30. The summed E-state index contributed by atoms with van der Waals surface area (Å²) in [5, 5.41) is 0. The van der Waals surface area contributed by atoms with Crippen LogP contribution in [-0.4, -0.2) is 27.0 Å². The molecule has 0 saturated heterocycles. The Morgan fingerprint density at radius 1 is 1.19 bits per heavy atom. The summed E-state index contributed by atoms with van der Waals surface area (Å²) in [5.41, 5.74) is 5.06. The van der Waals surface area contributed by atoms with Crippen molar-refractivity contribution >= 4 is 23.5 Å². The first kappa shape index (κ1) is 20.4. The number of nitrogen functional groups attached to an aromatic ring is 1. The van der Waals surface area contributed by atoms with E-state index >= 15 is 0 Å². The molecule has 1 aromatic carbocycles. The van der Waals surface area contributed by atoms with Crippen LogP contribution in [0.1, 0.15) is 51.4 Å². The van der Waals surface area contributed by atoms with E-state index in [4.69, 9.17) is 17.3 Å². The number of aromatic nitrogens is 3. The number of alkyl halides is 2. The van der Waals surface area contributed by atoms with Gasteiger partial charge in [-0.1, -0.05) is 55.3 Å². The molecule has 0 saturated carbocycles. The van der Waals surface area contributed by atoms with Crippen LogP contribution < -0.4 is 10.6 Å². The number of hydrogen-bond acceptors (Lipinski definition) is 5. The minimum absolute atomic E-state index is 0.00384. The van der Waals surface area contributed by atoms with Crippen LogP contribution in [0, 0.1) is 0 Å². The summed E-state index contributed by atoms with van der Waals surface area (Å²) >= 11 is 6.57. The number of nitrogens with two attached hydrogens (primary N) is 1. The van der Waals surface area contributed by atoms with E-state index in [2.05, 4.69) is 34.0 Å². The summed E-state index contributed by atoms with van der Waals surface area (Å²) in [6.45, 7) is 5.51. The Bertz CT molecular complexity index is 690. The first-order chi connectivity index (χ1) is 12.3. The summed E-state index contributed by atoms with van der Waals surface area (Å²) in [6.07, 6.45) is 3.48. The molecule has 26 heavy (non-hydrogen) atoms. The molecule has 2 rings (SSSR count). The van der Waals surface area contributed by atoms with Crippen molar-refractivity contribution in [2.45, 2.75) is 57.6 Å². The number of rotatable bonds is 9. The van der Waals surface area contributed by atoms with Gasteiger partial charge in [-0.2, -0.15) is 15.0 Å². The van der Waals surface area contributed by atoms with Crippen molar-refractivity contribution in [3.63, 3.8) is 0 Å². The van der Waals surface area contributed by atoms with Gasteiger partial charge in [0, 0.05) is 6.54 Å². The van der Waals surface area contributed by atoms with Crippen molar-refractivity contribution in [1.29, 1.82) is 0 Å². The zero-order valence-electron chi connectivity index (χ0n) is 15.6. The third-order valence-electron chi connectivity index (χ3n) is 4.00. The monoisotopic (exact) mass is 379 g/mol. The number of nitrogens with zero attached hydrogens (tertiary/aromatic N) is 4. The van der Waals surface area contributed by atoms with Gasteiger partial charge in [-0.05, 0) is 38.7 Å². The molecule has 1 unspecified atom stereocenters. The predicted molar refractivity (Wildman–Crippen MR) is 105 cm³/mol. The highest BCUT2D eigenvalue weighted by Gasteiger charge is 2.27. The minimum atomic E-state index is -1.70. The normalized spacial score (nSPS) is 12.8. The third-order valence-corrected chi connectivity index (χ3v) is 4.46. The van der Waals surface area contributed by atoms with E-state index in [9.17, 15) is 4.39 Å². The fourth-order valence-corrected chi connectivity index (χ4v) is 3.04. The molecule has 5 nitrogen and oxygen atoms in total. The molecular weight excluding hydrogens is 353 g/mol. The number of anilines is 2. The lowest BCUT2D eigenvalue weighted by Gasteiger charge is -2.28. The lowest BCUT2D eigenvalue weighted by atomic mass is 10.1. The number of halogens is 2. The highest BCUT2D eigenvalue weighted by molar-refractivity contribution is 6.21. The average molecular weight is 380 g/mol. The van der Waals surface area contributed by atoms with Gasteiger partial charge >= 0.3 is 0 Å². The Balaban J connectivity index is 2.20. The van der Waals surface area contributed by atoms with Gasteiger partial charge in [0.05, 0.1) is 0 Å². The average Bonchev–Trinajstić information content (AvgIpc) is 2.58. The van der Waals surface area contributed by atoms with Gasteiger partial charge in [0.2, 0.25) is 11.9 Å². The maximum Gasteiger partial charge on any atom is 0.231 e. The molecule has 1 atom stereocenters. The fraction of sp³-hybridized carbons (Fsp3) is 0.526. The first-order valence-corrected chi connectivity index (χ1v) is 9.40. The molecule has 2 aromatic rings. The van der Waals surface area contributed by atoms with Crippen molar-refractivity contribution < 1.29 is 4.39 Å². The molecule has 0 spiro atoms. The van der Waals surface area contributed by atoms with Crippen molar-refractivity contribution in [3.8, 4) is 0 Å². The molecule has 2 N–H and O–H groups in total. The molecule has 0 aliphatic carbocycles. The van der Waals surface area contributed by atoms with Crippen LogP contribution in [0.25, 0.3) is 0 Å². The lowest BCUT2D eigenvalue weighted by Crippen LogP contribution is -2.35. The Kier molecular flexibility index (Phi) is 7.14. The van der Waals surface area contributed by atoms with E-state index in [0.717, 1.165) is 25.7 Å². The van der Waals surface area contributed by atoms with Gasteiger partial charge < -0.3 is 10.6 Å². The topological polar surface area (TPSA) is 67.9 Å². The molecule has 0 fully saturated rings. The van der Waals surface area contributed by atoms with E-state index in [1.54, 1.807) is 0 Å². The molecule has 0 amide bonds. The Hall–Kier alpha value is -1.95. The molecule has 7 heteroatoms. The second-order valence-electron chi connectivity index (χ2n) is 6.80. The lowest BCUT2D eigenvalue weighted by molar-refractivity contribution is 0.206. The third kappa shape index (κ3) is 5.80. The molecule has 0 radical (unpaired) electrons. The van der Waals surface area contributed by atoms with Crippen LogP contribution in [0.3, 0.4) is 0 Å². The molecule has 1 aromatic heterocycles. The smallest absolute Gasteiger partial charge is 0.231 e. The van der Waals surface area contributed by atoms with E-state index in [-0.39, 0.29) is 17.3 Å². The van der Waals surface area contributed by atoms with Crippen molar-refractivity contribution in [2.24, 2.45) is 0 Å². The molecule has 0 bridgehead atoms. The Morgan fingerprint density at radius 3 is 2.50 bits per heavy atom. The Morgan fingerprint density at radius 2 is 1.88 bits per heavy atom. The number of hydrogen-bond donors (Lipinski definition) is 1. The van der Waals surface area contributed by atoms with Crippen molar-refractivity contribution in [3.05, 3.63) is 41.7 Å². The number of benzene rings is 1. The van der Waals surface area contributed by atoms with E-state index in [0.29, 0.717) is 12.5 Å². The SMILES string of the molecule is CCCC(Cl)N(CCCc1ccccc1)c1nc(N)nc(C(C)(C)F)n1. The van der Waals surface area contributed by atoms with Crippen LogP contribution in [0.5, 0.6) is 0 Å². The van der Waals surface area contributed by atoms with Gasteiger partial charge in [-0.3, -0.25) is 0 Å². The van der Waals surface area contributed by atoms with E-state index in [1.165, 1.54) is 19.4 Å². The number of aryl methyl sites for hydroxylation is 1. The summed E-state index contributed by atoms with van der Waals surface area (Å²) in [7, 11) is 0. The van der Waals surface area contributed by atoms with Gasteiger partial charge in [-0.15, -0.1) is 0 Å². The fourth-order valence-electron chi connectivity index (χ4n) is 2.63. The van der Waals surface area contributed by atoms with Gasteiger partial charge in [0.1, 0.15) is 5.50 Å². The molecule has 1 heterocycles. The van der Waals surface area contributed by atoms with Gasteiger partial charge in [0.25, 0.3) is 0 Å². The maximum atomic E-state index is 14.3. The zero-order chi connectivity index (χ0) is 19.2. The van der Waals surface area contributed by atoms with Crippen molar-refractivity contribution in [1.82, 2.24) is 15.0 Å². The largest absolute Gasteiger partial charge is 0.368 e. The van der Waals surface area contributed by atoms with Crippen LogP contribution in [0.4, 0.5) is 16.3 Å². The standard InChI is InChI=1S/C19H27ClFN5/c1-4-9-15(20)26(13-8-12-14-10-6-5-7-11-14)18-24-16(19(2,3)21)23-17(22)25-18/h5-7,10-11,15H,4,8-9,12-13H2,1-3H3,(H2,22,23,24,25). The molecule has 142 valence electrons. The summed E-state index contributed by atoms with van der Waals surface area (Å²) in [6, 6.07) is 10.2. The Labute approximate surface area is 159 Å². The summed E-state index contributed by atoms with van der Waals surface area (Å²) in [4.78, 5) is 14.3. The molecule has 0 aliphatic rings. The van der Waals surface area contributed by atoms with Gasteiger partial charge in [-0.25, -0.2) is 4.39 Å². The highest BCUT2D eigenvalue weighted by atomic mass is 35.5. The molecular formula is C19H27ClFN5. The maximum absolute atomic E-state index is 14.3. The quantitative estimate of drug-likeness (QED) is 0.514. The first-order valence-electron chi connectivity index (χ1n) is 8.97. The minimum Gasteiger partial charge on any atom is -0.368 e. The van der Waals surface area contributed by atoms with Crippen LogP contribution >= 0.6 is 11.6 Å². The van der Waals surface area contributed by atoms with E-state index < -0.39 is 5.67 Å². The highest BCUT2D eigenvalue weighted by Crippen LogP contribution is 2.25. The van der Waals surface area contributed by atoms with Crippen LogP contribution in [-0.2, 0) is 12.1 Å². The molecule has 0 aliphatic heterocycles. The summed E-state index contributed by atoms with van der Waals surface area (Å²) in [5.74, 6) is 0.359. The van der Waals surface area contributed by atoms with E-state index in [1.807, 2.05) is 23.1 Å². The second kappa shape index (κ2) is 9.12. The van der Waals surface area contributed by atoms with Crippen molar-refractivity contribution in [2.75, 3.05) is 17.2 Å².